The van der Waals surface area contributed by atoms with Crippen molar-refractivity contribution in [2.24, 2.45) is 0 Å². The molecule has 0 bridgehead atoms. The second-order valence-electron chi connectivity index (χ2n) is 8.39. The van der Waals surface area contributed by atoms with E-state index in [4.69, 9.17) is 9.47 Å². The normalized spacial score (nSPS) is 12.1. The van der Waals surface area contributed by atoms with Gasteiger partial charge in [0.2, 0.25) is 0 Å². The average Bonchev–Trinajstić information content (AvgIpc) is 2.88. The van der Waals surface area contributed by atoms with Crippen LogP contribution in [-0.4, -0.2) is 17.7 Å². The molecular weight excluding hydrogens is 481 g/mol. The largest absolute Gasteiger partial charge is 0.490 e. The number of rotatable bonds is 12. The van der Waals surface area contributed by atoms with E-state index in [1.807, 2.05) is 49.4 Å². The van der Waals surface area contributed by atoms with Crippen LogP contribution in [0.25, 0.3) is 12.2 Å². The van der Waals surface area contributed by atoms with E-state index in [0.717, 1.165) is 30.5 Å². The summed E-state index contributed by atoms with van der Waals surface area (Å²) in [5.74, 6) is -0.0762. The van der Waals surface area contributed by atoms with Crippen molar-refractivity contribution in [2.75, 3.05) is 6.61 Å². The molecule has 0 aromatic heterocycles. The first-order valence-corrected chi connectivity index (χ1v) is 12.0. The standard InChI is InChI=1S/C30H29F3O4/c1-2-3-11-24(29(34)35)19-25-20-27(36-18-7-10-22-8-5-4-6-9-22)16-17-28(25)37-21-23-12-14-26(15-13-23)30(31,32)33/h4-10,12-17,19-20H,2-3,11,18,21H2,1H3,(H,34,35)/b10-7+,24-19+. The van der Waals surface area contributed by atoms with Gasteiger partial charge in [0.25, 0.3) is 0 Å². The first-order valence-electron chi connectivity index (χ1n) is 12.0. The van der Waals surface area contributed by atoms with Gasteiger partial charge < -0.3 is 14.6 Å². The van der Waals surface area contributed by atoms with Gasteiger partial charge in [-0.15, -0.1) is 0 Å². The fourth-order valence-electron chi connectivity index (χ4n) is 3.50. The molecule has 0 fully saturated rings. The highest BCUT2D eigenvalue weighted by Crippen LogP contribution is 2.31. The third kappa shape index (κ3) is 8.86. The van der Waals surface area contributed by atoms with Crippen molar-refractivity contribution in [1.29, 1.82) is 0 Å². The summed E-state index contributed by atoms with van der Waals surface area (Å²) in [4.78, 5) is 11.8. The zero-order chi connectivity index (χ0) is 26.7. The van der Waals surface area contributed by atoms with E-state index in [0.29, 0.717) is 35.7 Å². The maximum atomic E-state index is 12.8. The summed E-state index contributed by atoms with van der Waals surface area (Å²) in [6, 6.07) is 19.6. The summed E-state index contributed by atoms with van der Waals surface area (Å²) < 4.78 is 50.2. The highest BCUT2D eigenvalue weighted by Gasteiger charge is 2.29. The maximum absolute atomic E-state index is 12.8. The Morgan fingerprint density at radius 3 is 2.35 bits per heavy atom. The molecule has 37 heavy (non-hydrogen) atoms. The molecule has 0 aliphatic heterocycles. The molecule has 0 amide bonds. The minimum Gasteiger partial charge on any atom is -0.490 e. The molecule has 3 aromatic rings. The van der Waals surface area contributed by atoms with Gasteiger partial charge in [0.15, 0.2) is 0 Å². The molecule has 0 heterocycles. The topological polar surface area (TPSA) is 55.8 Å². The average molecular weight is 511 g/mol. The summed E-state index contributed by atoms with van der Waals surface area (Å²) in [5, 5.41) is 9.66. The zero-order valence-electron chi connectivity index (χ0n) is 20.5. The van der Waals surface area contributed by atoms with Gasteiger partial charge in [0.05, 0.1) is 5.56 Å². The summed E-state index contributed by atoms with van der Waals surface area (Å²) >= 11 is 0. The van der Waals surface area contributed by atoms with Crippen LogP contribution in [0.1, 0.15) is 48.4 Å². The molecule has 3 rings (SSSR count). The number of alkyl halides is 3. The van der Waals surface area contributed by atoms with Gasteiger partial charge in [-0.05, 0) is 66.5 Å². The van der Waals surface area contributed by atoms with E-state index in [2.05, 4.69) is 0 Å². The number of benzene rings is 3. The lowest BCUT2D eigenvalue weighted by Crippen LogP contribution is -2.05. The number of carboxylic acid groups (broad SMARTS) is 1. The molecule has 0 unspecified atom stereocenters. The molecule has 0 saturated carbocycles. The maximum Gasteiger partial charge on any atom is 0.416 e. The molecule has 0 saturated heterocycles. The smallest absolute Gasteiger partial charge is 0.416 e. The molecule has 0 spiro atoms. The molecule has 0 atom stereocenters. The van der Waals surface area contributed by atoms with E-state index in [9.17, 15) is 23.1 Å². The molecular formula is C30H29F3O4. The Hall–Kier alpha value is -4.00. The van der Waals surface area contributed by atoms with Crippen LogP contribution >= 0.6 is 0 Å². The highest BCUT2D eigenvalue weighted by molar-refractivity contribution is 5.92. The van der Waals surface area contributed by atoms with Crippen molar-refractivity contribution in [3.63, 3.8) is 0 Å². The number of carboxylic acids is 1. The molecule has 7 heteroatoms. The molecule has 0 aliphatic rings. The van der Waals surface area contributed by atoms with Crippen LogP contribution in [0.5, 0.6) is 11.5 Å². The van der Waals surface area contributed by atoms with Crippen LogP contribution in [0.2, 0.25) is 0 Å². The molecule has 0 aliphatic carbocycles. The Morgan fingerprint density at radius 2 is 1.70 bits per heavy atom. The first-order chi connectivity index (χ1) is 17.8. The van der Waals surface area contributed by atoms with E-state index in [1.54, 1.807) is 24.3 Å². The van der Waals surface area contributed by atoms with Gasteiger partial charge in [0.1, 0.15) is 24.7 Å². The predicted molar refractivity (Wildman–Crippen MR) is 138 cm³/mol. The Balaban J connectivity index is 1.78. The lowest BCUT2D eigenvalue weighted by atomic mass is 10.0. The van der Waals surface area contributed by atoms with E-state index in [-0.39, 0.29) is 12.2 Å². The van der Waals surface area contributed by atoms with Crippen LogP contribution < -0.4 is 9.47 Å². The van der Waals surface area contributed by atoms with E-state index < -0.39 is 17.7 Å². The monoisotopic (exact) mass is 510 g/mol. The van der Waals surface area contributed by atoms with Gasteiger partial charge in [0, 0.05) is 11.1 Å². The van der Waals surface area contributed by atoms with Gasteiger partial charge in [-0.2, -0.15) is 13.2 Å². The summed E-state index contributed by atoms with van der Waals surface area (Å²) in [6.45, 7) is 2.32. The number of carbonyl (C=O) groups is 1. The van der Waals surface area contributed by atoms with Gasteiger partial charge >= 0.3 is 12.1 Å². The minimum absolute atomic E-state index is 0.0242. The minimum atomic E-state index is -4.41. The second kappa shape index (κ2) is 13.3. The van der Waals surface area contributed by atoms with Gasteiger partial charge in [-0.25, -0.2) is 4.79 Å². The molecule has 0 radical (unpaired) electrons. The SMILES string of the molecule is CCCC/C(=C\c1cc(OC/C=C/c2ccccc2)ccc1OCc1ccc(C(F)(F)F)cc1)C(=O)O. The number of hydrogen-bond acceptors (Lipinski definition) is 3. The first kappa shape index (κ1) is 27.6. The quantitative estimate of drug-likeness (QED) is 0.251. The summed E-state index contributed by atoms with van der Waals surface area (Å²) in [6.07, 6.45) is 2.94. The Labute approximate surface area is 214 Å². The van der Waals surface area contributed by atoms with Crippen molar-refractivity contribution >= 4 is 18.1 Å². The third-order valence-electron chi connectivity index (χ3n) is 5.52. The Bertz CT molecular complexity index is 1210. The van der Waals surface area contributed by atoms with Crippen molar-refractivity contribution in [3.05, 3.63) is 107 Å². The number of ether oxygens (including phenoxy) is 2. The molecule has 3 aromatic carbocycles. The summed E-state index contributed by atoms with van der Waals surface area (Å²) in [5.41, 5.74) is 1.62. The van der Waals surface area contributed by atoms with Crippen molar-refractivity contribution in [3.8, 4) is 11.5 Å². The van der Waals surface area contributed by atoms with Crippen LogP contribution in [-0.2, 0) is 17.6 Å². The Kier molecular flexibility index (Phi) is 9.95. The summed E-state index contributed by atoms with van der Waals surface area (Å²) in [7, 11) is 0. The van der Waals surface area contributed by atoms with Gasteiger partial charge in [-0.3, -0.25) is 0 Å². The fraction of sp³-hybridized carbons (Fsp3) is 0.233. The van der Waals surface area contributed by atoms with Gasteiger partial charge in [-0.1, -0.05) is 61.9 Å². The molecule has 1 N–H and O–H groups in total. The Morgan fingerprint density at radius 1 is 0.973 bits per heavy atom. The predicted octanol–water partition coefficient (Wildman–Crippen LogP) is 8.03. The van der Waals surface area contributed by atoms with E-state index in [1.165, 1.54) is 12.1 Å². The van der Waals surface area contributed by atoms with Crippen LogP contribution in [0.4, 0.5) is 13.2 Å². The van der Waals surface area contributed by atoms with Crippen LogP contribution in [0.15, 0.2) is 84.4 Å². The lowest BCUT2D eigenvalue weighted by Gasteiger charge is -2.13. The molecule has 194 valence electrons. The third-order valence-corrected chi connectivity index (χ3v) is 5.52. The molecule has 4 nitrogen and oxygen atoms in total. The number of hydrogen-bond donors (Lipinski definition) is 1. The van der Waals surface area contributed by atoms with Crippen molar-refractivity contribution in [1.82, 2.24) is 0 Å². The van der Waals surface area contributed by atoms with Crippen LogP contribution in [0, 0.1) is 0 Å². The number of halogens is 3. The van der Waals surface area contributed by atoms with E-state index >= 15 is 0 Å². The number of aliphatic carboxylic acids is 1. The van der Waals surface area contributed by atoms with Crippen molar-refractivity contribution < 1.29 is 32.5 Å². The number of unbranched alkanes of at least 4 members (excludes halogenated alkanes) is 1. The van der Waals surface area contributed by atoms with Crippen LogP contribution in [0.3, 0.4) is 0 Å². The van der Waals surface area contributed by atoms with Crippen molar-refractivity contribution in [2.45, 2.75) is 39.0 Å². The zero-order valence-corrected chi connectivity index (χ0v) is 20.5. The highest BCUT2D eigenvalue weighted by atomic mass is 19.4. The fourth-order valence-corrected chi connectivity index (χ4v) is 3.50. The lowest BCUT2D eigenvalue weighted by molar-refractivity contribution is -0.137. The second-order valence-corrected chi connectivity index (χ2v) is 8.39.